The highest BCUT2D eigenvalue weighted by Crippen LogP contribution is 2.29. The maximum Gasteiger partial charge on any atom is 0.243 e. The Kier molecular flexibility index (Phi) is 6.39. The molecule has 1 aliphatic heterocycles. The molecule has 3 rings (SSSR count). The van der Waals surface area contributed by atoms with Gasteiger partial charge in [-0.3, -0.25) is 0 Å². The van der Waals surface area contributed by atoms with Crippen LogP contribution in [0, 0.1) is 6.92 Å². The third-order valence-electron chi connectivity index (χ3n) is 4.07. The quantitative estimate of drug-likeness (QED) is 0.856. The van der Waals surface area contributed by atoms with Crippen LogP contribution in [0.1, 0.15) is 18.5 Å². The minimum Gasteiger partial charge on any atom is -0.318 e. The molecule has 0 spiro atoms. The molecule has 1 saturated heterocycles. The molecule has 1 N–H and O–H groups in total. The highest BCUT2D eigenvalue weighted by atomic mass is 35.5. The number of hydrogen-bond donors (Lipinski definition) is 1. The van der Waals surface area contributed by atoms with E-state index in [0.29, 0.717) is 18.0 Å². The van der Waals surface area contributed by atoms with Crippen LogP contribution in [-0.4, -0.2) is 43.9 Å². The Morgan fingerprint density at radius 2 is 2.21 bits per heavy atom. The van der Waals surface area contributed by atoms with Crippen LogP contribution in [0.2, 0.25) is 0 Å². The number of nitrogens with zero attached hydrogens (tertiary/aromatic N) is 2. The molecule has 1 fully saturated rings. The van der Waals surface area contributed by atoms with Crippen molar-refractivity contribution in [2.45, 2.75) is 30.7 Å². The molecule has 0 saturated carbocycles. The maximum absolute atomic E-state index is 13.0. The van der Waals surface area contributed by atoms with Crippen LogP contribution in [0.15, 0.2) is 34.5 Å². The summed E-state index contributed by atoms with van der Waals surface area (Å²) in [7, 11) is -1.61. The largest absolute Gasteiger partial charge is 0.318 e. The van der Waals surface area contributed by atoms with Crippen molar-refractivity contribution < 1.29 is 8.42 Å². The van der Waals surface area contributed by atoms with Crippen LogP contribution < -0.4 is 5.32 Å². The Bertz CT molecular complexity index is 792. The lowest BCUT2D eigenvalue weighted by atomic mass is 10.2. The van der Waals surface area contributed by atoms with E-state index in [9.17, 15) is 8.42 Å². The summed E-state index contributed by atoms with van der Waals surface area (Å²) >= 11 is 1.53. The maximum atomic E-state index is 13.0. The number of sulfonamides is 1. The first-order chi connectivity index (χ1) is 11.0. The number of rotatable bonds is 5. The van der Waals surface area contributed by atoms with Gasteiger partial charge in [-0.15, -0.1) is 23.7 Å². The normalized spacial score (nSPS) is 18.5. The number of aromatic nitrogens is 1. The van der Waals surface area contributed by atoms with Gasteiger partial charge >= 0.3 is 0 Å². The second kappa shape index (κ2) is 7.93. The molecule has 132 valence electrons. The smallest absolute Gasteiger partial charge is 0.243 e. The van der Waals surface area contributed by atoms with E-state index in [1.54, 1.807) is 22.5 Å². The zero-order valence-corrected chi connectivity index (χ0v) is 16.2. The first kappa shape index (κ1) is 19.3. The lowest BCUT2D eigenvalue weighted by Crippen LogP contribution is -2.40. The van der Waals surface area contributed by atoms with E-state index in [0.717, 1.165) is 29.1 Å². The average Bonchev–Trinajstić information content (AvgIpc) is 3.17. The first-order valence-corrected chi connectivity index (χ1v) is 10.0. The first-order valence-electron chi connectivity index (χ1n) is 7.71. The number of aryl methyl sites for hydroxylation is 1. The van der Waals surface area contributed by atoms with E-state index >= 15 is 0 Å². The Hall–Kier alpha value is -0.990. The lowest BCUT2D eigenvalue weighted by molar-refractivity contribution is 0.379. The van der Waals surface area contributed by atoms with Crippen molar-refractivity contribution in [3.63, 3.8) is 0 Å². The van der Waals surface area contributed by atoms with Crippen LogP contribution in [0.3, 0.4) is 0 Å². The predicted octanol–water partition coefficient (Wildman–Crippen LogP) is 2.91. The molecule has 5 nitrogen and oxygen atoms in total. The van der Waals surface area contributed by atoms with Gasteiger partial charge in [0.2, 0.25) is 10.0 Å². The standard InChI is InChI=1S/C16H21N3O2S2.ClH/c1-12-11-22-16(18-12)13-5-3-7-15(9-13)23(20,21)19-8-4-6-14(19)10-17-2;/h3,5,7,9,11,14,17H,4,6,8,10H2,1-2H3;1H. The molecular formula is C16H22ClN3O2S2. The van der Waals surface area contributed by atoms with Gasteiger partial charge in [-0.05, 0) is 38.9 Å². The van der Waals surface area contributed by atoms with Gasteiger partial charge in [-0.25, -0.2) is 13.4 Å². The average molecular weight is 388 g/mol. The number of thiazole rings is 1. The Balaban J connectivity index is 0.00000208. The van der Waals surface area contributed by atoms with Gasteiger partial charge in [0.05, 0.1) is 4.90 Å². The van der Waals surface area contributed by atoms with Crippen molar-refractivity contribution >= 4 is 33.8 Å². The minimum atomic E-state index is -3.46. The molecule has 0 amide bonds. The summed E-state index contributed by atoms with van der Waals surface area (Å²) in [5.41, 5.74) is 1.81. The molecule has 1 atom stereocenters. The van der Waals surface area contributed by atoms with Gasteiger partial charge in [0, 0.05) is 35.8 Å². The molecule has 2 aromatic rings. The Morgan fingerprint density at radius 3 is 2.88 bits per heavy atom. The highest BCUT2D eigenvalue weighted by molar-refractivity contribution is 7.89. The van der Waals surface area contributed by atoms with Gasteiger partial charge in [0.25, 0.3) is 0 Å². The van der Waals surface area contributed by atoms with Gasteiger partial charge < -0.3 is 5.32 Å². The Labute approximate surface area is 153 Å². The van der Waals surface area contributed by atoms with Gasteiger partial charge in [-0.2, -0.15) is 4.31 Å². The second-order valence-corrected chi connectivity index (χ2v) is 8.54. The van der Waals surface area contributed by atoms with E-state index in [1.807, 2.05) is 25.4 Å². The van der Waals surface area contributed by atoms with Crippen molar-refractivity contribution in [2.75, 3.05) is 20.1 Å². The molecule has 8 heteroatoms. The summed E-state index contributed by atoms with van der Waals surface area (Å²) in [6.45, 7) is 3.22. The monoisotopic (exact) mass is 387 g/mol. The van der Waals surface area contributed by atoms with Crippen LogP contribution in [0.5, 0.6) is 0 Å². The summed E-state index contributed by atoms with van der Waals surface area (Å²) in [5.74, 6) is 0. The summed E-state index contributed by atoms with van der Waals surface area (Å²) < 4.78 is 27.6. The minimum absolute atomic E-state index is 0. The molecule has 1 aromatic heterocycles. The second-order valence-electron chi connectivity index (χ2n) is 5.79. The summed E-state index contributed by atoms with van der Waals surface area (Å²) in [6.07, 6.45) is 1.82. The van der Waals surface area contributed by atoms with E-state index in [4.69, 9.17) is 0 Å². The fraction of sp³-hybridized carbons (Fsp3) is 0.438. The topological polar surface area (TPSA) is 62.3 Å². The van der Waals surface area contributed by atoms with Crippen molar-refractivity contribution in [3.05, 3.63) is 35.3 Å². The van der Waals surface area contributed by atoms with E-state index in [1.165, 1.54) is 11.3 Å². The zero-order valence-electron chi connectivity index (χ0n) is 13.7. The van der Waals surface area contributed by atoms with Crippen LogP contribution in [0.4, 0.5) is 0 Å². The molecule has 1 aliphatic rings. The lowest BCUT2D eigenvalue weighted by Gasteiger charge is -2.24. The molecule has 0 radical (unpaired) electrons. The van der Waals surface area contributed by atoms with Crippen molar-refractivity contribution in [1.29, 1.82) is 0 Å². The van der Waals surface area contributed by atoms with E-state index < -0.39 is 10.0 Å². The van der Waals surface area contributed by atoms with Crippen LogP contribution >= 0.6 is 23.7 Å². The van der Waals surface area contributed by atoms with Crippen molar-refractivity contribution in [3.8, 4) is 10.6 Å². The predicted molar refractivity (Wildman–Crippen MR) is 100 cm³/mol. The Morgan fingerprint density at radius 1 is 1.42 bits per heavy atom. The molecule has 0 aliphatic carbocycles. The third kappa shape index (κ3) is 3.81. The zero-order chi connectivity index (χ0) is 16.4. The van der Waals surface area contributed by atoms with Crippen LogP contribution in [0.25, 0.3) is 10.6 Å². The summed E-state index contributed by atoms with van der Waals surface area (Å²) in [6, 6.07) is 7.15. The number of nitrogens with one attached hydrogen (secondary N) is 1. The molecule has 0 bridgehead atoms. The van der Waals surface area contributed by atoms with Crippen molar-refractivity contribution in [1.82, 2.24) is 14.6 Å². The third-order valence-corrected chi connectivity index (χ3v) is 7.03. The molecule has 1 aromatic carbocycles. The molecule has 24 heavy (non-hydrogen) atoms. The number of halogens is 1. The van der Waals surface area contributed by atoms with Gasteiger partial charge in [0.15, 0.2) is 0 Å². The summed E-state index contributed by atoms with van der Waals surface area (Å²) in [4.78, 5) is 4.80. The number of hydrogen-bond acceptors (Lipinski definition) is 5. The summed E-state index contributed by atoms with van der Waals surface area (Å²) in [5, 5.41) is 5.92. The molecular weight excluding hydrogens is 366 g/mol. The fourth-order valence-electron chi connectivity index (χ4n) is 2.98. The van der Waals surface area contributed by atoms with Crippen molar-refractivity contribution in [2.24, 2.45) is 0 Å². The number of benzene rings is 1. The van der Waals surface area contributed by atoms with Crippen LogP contribution in [-0.2, 0) is 10.0 Å². The van der Waals surface area contributed by atoms with Gasteiger partial charge in [0.1, 0.15) is 5.01 Å². The van der Waals surface area contributed by atoms with E-state index in [2.05, 4.69) is 10.3 Å². The number of likely N-dealkylation sites (N-methyl/N-ethyl adjacent to an activating group) is 1. The fourth-order valence-corrected chi connectivity index (χ4v) is 5.51. The highest BCUT2D eigenvalue weighted by Gasteiger charge is 2.34. The van der Waals surface area contributed by atoms with E-state index in [-0.39, 0.29) is 18.4 Å². The molecule has 2 heterocycles. The van der Waals surface area contributed by atoms with Gasteiger partial charge in [-0.1, -0.05) is 12.1 Å². The molecule has 1 unspecified atom stereocenters. The SMILES string of the molecule is CNCC1CCCN1S(=O)(=O)c1cccc(-c2nc(C)cs2)c1.Cl.